The van der Waals surface area contributed by atoms with Crippen molar-refractivity contribution >= 4 is 5.91 Å². The molecule has 0 bridgehead atoms. The van der Waals surface area contributed by atoms with Crippen LogP contribution >= 0.6 is 0 Å². The molecule has 0 spiro atoms. The Labute approximate surface area is 137 Å². The molecule has 1 aliphatic rings. The van der Waals surface area contributed by atoms with E-state index in [-0.39, 0.29) is 5.91 Å². The monoisotopic (exact) mass is 312 g/mol. The van der Waals surface area contributed by atoms with E-state index in [1.807, 2.05) is 53.2 Å². The maximum atomic E-state index is 12.8. The number of hydrogen-bond donors (Lipinski definition) is 1. The van der Waals surface area contributed by atoms with Crippen molar-refractivity contribution in [3.05, 3.63) is 47.8 Å². The lowest BCUT2D eigenvalue weighted by atomic mass is 10.1. The Hall–Kier alpha value is -2.14. The third-order valence-electron chi connectivity index (χ3n) is 4.29. The fourth-order valence-electron chi connectivity index (χ4n) is 3.07. The maximum absolute atomic E-state index is 12.8. The molecule has 1 amide bonds. The van der Waals surface area contributed by atoms with Gasteiger partial charge in [-0.3, -0.25) is 4.79 Å². The summed E-state index contributed by atoms with van der Waals surface area (Å²) in [6.45, 7) is 6.84. The van der Waals surface area contributed by atoms with Gasteiger partial charge in [-0.2, -0.15) is 5.10 Å². The fourth-order valence-corrected chi connectivity index (χ4v) is 3.07. The van der Waals surface area contributed by atoms with Gasteiger partial charge in [-0.25, -0.2) is 4.68 Å². The molecule has 1 aliphatic heterocycles. The number of carbonyl (C=O) groups excluding carboxylic acids is 1. The van der Waals surface area contributed by atoms with Crippen LogP contribution in [0.3, 0.4) is 0 Å². The van der Waals surface area contributed by atoms with Crippen LogP contribution in [0, 0.1) is 6.92 Å². The summed E-state index contributed by atoms with van der Waals surface area (Å²) >= 11 is 0. The van der Waals surface area contributed by atoms with Gasteiger partial charge >= 0.3 is 0 Å². The van der Waals surface area contributed by atoms with E-state index in [1.165, 1.54) is 0 Å². The standard InChI is InChI=1S/C18H24N4O/c1-3-10-21(17-8-9-19-12-17)18(23)15-4-6-16(7-5-15)22-13-14(2)11-20-22/h4-7,11,13,17,19H,3,8-10,12H2,1-2H3. The molecule has 2 aromatic rings. The van der Waals surface area contributed by atoms with Crippen molar-refractivity contribution in [1.29, 1.82) is 0 Å². The second-order valence-corrected chi connectivity index (χ2v) is 6.15. The van der Waals surface area contributed by atoms with E-state index in [0.717, 1.165) is 49.3 Å². The van der Waals surface area contributed by atoms with Crippen molar-refractivity contribution in [3.8, 4) is 5.69 Å². The van der Waals surface area contributed by atoms with Crippen molar-refractivity contribution < 1.29 is 4.79 Å². The number of nitrogens with one attached hydrogen (secondary N) is 1. The van der Waals surface area contributed by atoms with Crippen molar-refractivity contribution in [1.82, 2.24) is 20.0 Å². The lowest BCUT2D eigenvalue weighted by Crippen LogP contribution is -2.42. The number of hydrogen-bond acceptors (Lipinski definition) is 3. The molecular weight excluding hydrogens is 288 g/mol. The van der Waals surface area contributed by atoms with Crippen LogP contribution in [0.4, 0.5) is 0 Å². The Morgan fingerprint density at radius 1 is 1.39 bits per heavy atom. The topological polar surface area (TPSA) is 50.2 Å². The molecule has 3 rings (SSSR count). The van der Waals surface area contributed by atoms with Gasteiger partial charge in [0.05, 0.1) is 11.9 Å². The van der Waals surface area contributed by atoms with Gasteiger partial charge in [0.1, 0.15) is 0 Å². The summed E-state index contributed by atoms with van der Waals surface area (Å²) < 4.78 is 1.83. The van der Waals surface area contributed by atoms with Gasteiger partial charge in [0.15, 0.2) is 0 Å². The Morgan fingerprint density at radius 2 is 2.17 bits per heavy atom. The van der Waals surface area contributed by atoms with Gasteiger partial charge in [0.2, 0.25) is 0 Å². The Balaban J connectivity index is 1.78. The van der Waals surface area contributed by atoms with Crippen LogP contribution in [-0.4, -0.2) is 46.3 Å². The molecule has 1 unspecified atom stereocenters. The maximum Gasteiger partial charge on any atom is 0.254 e. The zero-order valence-electron chi connectivity index (χ0n) is 13.8. The summed E-state index contributed by atoms with van der Waals surface area (Å²) in [4.78, 5) is 14.9. The Bertz CT molecular complexity index is 656. The van der Waals surface area contributed by atoms with E-state index in [1.54, 1.807) is 0 Å². The number of nitrogens with zero attached hydrogens (tertiary/aromatic N) is 3. The highest BCUT2D eigenvalue weighted by Gasteiger charge is 2.26. The van der Waals surface area contributed by atoms with E-state index in [0.29, 0.717) is 6.04 Å². The molecule has 2 heterocycles. The van der Waals surface area contributed by atoms with Gasteiger partial charge < -0.3 is 10.2 Å². The highest BCUT2D eigenvalue weighted by Crippen LogP contribution is 2.16. The van der Waals surface area contributed by atoms with Crippen LogP contribution in [0.25, 0.3) is 5.69 Å². The number of aryl methyl sites for hydroxylation is 1. The minimum absolute atomic E-state index is 0.128. The second-order valence-electron chi connectivity index (χ2n) is 6.15. The predicted octanol–water partition coefficient (Wildman–Crippen LogP) is 2.39. The predicted molar refractivity (Wildman–Crippen MR) is 90.9 cm³/mol. The van der Waals surface area contributed by atoms with E-state index in [2.05, 4.69) is 17.3 Å². The van der Waals surface area contributed by atoms with Gasteiger partial charge in [-0.15, -0.1) is 0 Å². The van der Waals surface area contributed by atoms with E-state index >= 15 is 0 Å². The second kappa shape index (κ2) is 6.96. The quantitative estimate of drug-likeness (QED) is 0.922. The van der Waals surface area contributed by atoms with Crippen LogP contribution in [0.5, 0.6) is 0 Å². The molecular formula is C18H24N4O. The van der Waals surface area contributed by atoms with Crippen LogP contribution in [0.15, 0.2) is 36.7 Å². The first kappa shape index (κ1) is 15.7. The first-order chi connectivity index (χ1) is 11.2. The highest BCUT2D eigenvalue weighted by atomic mass is 16.2. The molecule has 5 heteroatoms. The first-order valence-corrected chi connectivity index (χ1v) is 8.32. The molecule has 1 saturated heterocycles. The molecule has 23 heavy (non-hydrogen) atoms. The van der Waals surface area contributed by atoms with Crippen LogP contribution < -0.4 is 5.32 Å². The minimum Gasteiger partial charge on any atom is -0.334 e. The number of aromatic nitrogens is 2. The third kappa shape index (κ3) is 3.45. The molecule has 1 aromatic carbocycles. The molecule has 1 aromatic heterocycles. The molecule has 1 N–H and O–H groups in total. The van der Waals surface area contributed by atoms with Crippen LogP contribution in [-0.2, 0) is 0 Å². The normalized spacial score (nSPS) is 17.4. The van der Waals surface area contributed by atoms with Crippen molar-refractivity contribution in [2.24, 2.45) is 0 Å². The zero-order chi connectivity index (χ0) is 16.2. The molecule has 1 fully saturated rings. The molecule has 1 atom stereocenters. The molecule has 122 valence electrons. The third-order valence-corrected chi connectivity index (χ3v) is 4.29. The number of carbonyl (C=O) groups is 1. The summed E-state index contributed by atoms with van der Waals surface area (Å²) in [6.07, 6.45) is 5.82. The van der Waals surface area contributed by atoms with Crippen molar-refractivity contribution in [2.45, 2.75) is 32.7 Å². The van der Waals surface area contributed by atoms with Gasteiger partial charge in [-0.05, 0) is 56.1 Å². The molecule has 0 aliphatic carbocycles. The van der Waals surface area contributed by atoms with Crippen LogP contribution in [0.1, 0.15) is 35.7 Å². The summed E-state index contributed by atoms with van der Waals surface area (Å²) in [7, 11) is 0. The summed E-state index contributed by atoms with van der Waals surface area (Å²) in [5, 5.41) is 7.65. The van der Waals surface area contributed by atoms with Gasteiger partial charge in [0, 0.05) is 30.9 Å². The first-order valence-electron chi connectivity index (χ1n) is 8.32. The average Bonchev–Trinajstić information content (AvgIpc) is 3.24. The smallest absolute Gasteiger partial charge is 0.254 e. The molecule has 0 saturated carbocycles. The summed E-state index contributed by atoms with van der Waals surface area (Å²) in [6, 6.07) is 8.03. The number of rotatable bonds is 5. The van der Waals surface area contributed by atoms with Crippen LogP contribution in [0.2, 0.25) is 0 Å². The van der Waals surface area contributed by atoms with Gasteiger partial charge in [0.25, 0.3) is 5.91 Å². The summed E-state index contributed by atoms with van der Waals surface area (Å²) in [5.41, 5.74) is 2.84. The minimum atomic E-state index is 0.128. The molecule has 0 radical (unpaired) electrons. The highest BCUT2D eigenvalue weighted by molar-refractivity contribution is 5.94. The van der Waals surface area contributed by atoms with Crippen molar-refractivity contribution in [3.63, 3.8) is 0 Å². The van der Waals surface area contributed by atoms with E-state index < -0.39 is 0 Å². The van der Waals surface area contributed by atoms with E-state index in [9.17, 15) is 4.79 Å². The van der Waals surface area contributed by atoms with Gasteiger partial charge in [-0.1, -0.05) is 6.92 Å². The Kier molecular flexibility index (Phi) is 4.76. The SMILES string of the molecule is CCCN(C(=O)c1ccc(-n2cc(C)cn2)cc1)C1CCNC1. The zero-order valence-corrected chi connectivity index (χ0v) is 13.8. The lowest BCUT2D eigenvalue weighted by Gasteiger charge is -2.28. The van der Waals surface area contributed by atoms with E-state index in [4.69, 9.17) is 0 Å². The number of amides is 1. The Morgan fingerprint density at radius 3 is 2.74 bits per heavy atom. The number of benzene rings is 1. The largest absolute Gasteiger partial charge is 0.334 e. The fraction of sp³-hybridized carbons (Fsp3) is 0.444. The van der Waals surface area contributed by atoms with Crippen molar-refractivity contribution in [2.75, 3.05) is 19.6 Å². The average molecular weight is 312 g/mol. The summed E-state index contributed by atoms with van der Waals surface area (Å²) in [5.74, 6) is 0.128. The molecule has 5 nitrogen and oxygen atoms in total. The lowest BCUT2D eigenvalue weighted by molar-refractivity contribution is 0.0692.